The van der Waals surface area contributed by atoms with Gasteiger partial charge in [0.05, 0.1) is 0 Å². The normalized spacial score (nSPS) is 19.2. The maximum absolute atomic E-state index is 12.2. The van der Waals surface area contributed by atoms with E-state index < -0.39 is 5.60 Å². The van der Waals surface area contributed by atoms with Gasteiger partial charge in [-0.3, -0.25) is 0 Å². The highest BCUT2D eigenvalue weighted by atomic mass is 79.9. The first-order valence-corrected chi connectivity index (χ1v) is 9.05. The van der Waals surface area contributed by atoms with Gasteiger partial charge in [-0.2, -0.15) is 0 Å². The molecular formula is C18H27BrN2O2. The second kappa shape index (κ2) is 7.56. The fourth-order valence-corrected chi connectivity index (χ4v) is 3.11. The highest BCUT2D eigenvalue weighted by molar-refractivity contribution is 9.10. The molecule has 0 aromatic heterocycles. The van der Waals surface area contributed by atoms with Crippen LogP contribution in [0.15, 0.2) is 22.7 Å². The molecule has 1 fully saturated rings. The Hall–Kier alpha value is -1.23. The van der Waals surface area contributed by atoms with Crippen LogP contribution in [0.2, 0.25) is 0 Å². The summed E-state index contributed by atoms with van der Waals surface area (Å²) in [6.07, 6.45) is 2.77. The summed E-state index contributed by atoms with van der Waals surface area (Å²) in [6.45, 7) is 9.30. The van der Waals surface area contributed by atoms with Crippen molar-refractivity contribution in [2.24, 2.45) is 0 Å². The van der Waals surface area contributed by atoms with Crippen LogP contribution < -0.4 is 5.32 Å². The van der Waals surface area contributed by atoms with Crippen molar-refractivity contribution in [3.8, 4) is 0 Å². The fraction of sp³-hybridized carbons (Fsp3) is 0.611. The van der Waals surface area contributed by atoms with Crippen molar-refractivity contribution in [1.29, 1.82) is 0 Å². The smallest absolute Gasteiger partial charge is 0.410 e. The number of rotatable bonds is 2. The van der Waals surface area contributed by atoms with Gasteiger partial charge in [0.2, 0.25) is 0 Å². The number of ether oxygens (including phenoxy) is 1. The van der Waals surface area contributed by atoms with Gasteiger partial charge < -0.3 is 15.0 Å². The Kier molecular flexibility index (Phi) is 5.95. The molecule has 1 saturated heterocycles. The number of anilines is 1. The van der Waals surface area contributed by atoms with E-state index in [0.29, 0.717) is 6.04 Å². The van der Waals surface area contributed by atoms with Crippen LogP contribution in [0.4, 0.5) is 10.5 Å². The molecule has 0 radical (unpaired) electrons. The molecule has 1 aliphatic rings. The van der Waals surface area contributed by atoms with E-state index in [1.807, 2.05) is 25.7 Å². The van der Waals surface area contributed by atoms with Crippen LogP contribution >= 0.6 is 15.9 Å². The molecule has 0 aliphatic carbocycles. The lowest BCUT2D eigenvalue weighted by atomic mass is 10.1. The molecule has 1 amide bonds. The average Bonchev–Trinajstić information content (AvgIpc) is 2.68. The number of likely N-dealkylation sites (tertiary alicyclic amines) is 1. The number of hydrogen-bond acceptors (Lipinski definition) is 3. The number of carbonyl (C=O) groups excluding carboxylic acids is 1. The maximum Gasteiger partial charge on any atom is 0.410 e. The van der Waals surface area contributed by atoms with Crippen molar-refractivity contribution in [3.05, 3.63) is 28.2 Å². The first-order chi connectivity index (χ1) is 10.8. The summed E-state index contributed by atoms with van der Waals surface area (Å²) in [4.78, 5) is 14.0. The Labute approximate surface area is 147 Å². The lowest BCUT2D eigenvalue weighted by Crippen LogP contribution is -2.37. The van der Waals surface area contributed by atoms with Gasteiger partial charge in [-0.15, -0.1) is 0 Å². The minimum atomic E-state index is -0.437. The van der Waals surface area contributed by atoms with E-state index in [4.69, 9.17) is 4.74 Å². The molecule has 0 spiro atoms. The van der Waals surface area contributed by atoms with Gasteiger partial charge in [0, 0.05) is 29.3 Å². The molecule has 1 N–H and O–H groups in total. The monoisotopic (exact) mass is 382 g/mol. The third-order valence-corrected chi connectivity index (χ3v) is 4.98. The van der Waals surface area contributed by atoms with Crippen molar-refractivity contribution in [2.75, 3.05) is 18.4 Å². The topological polar surface area (TPSA) is 41.6 Å². The summed E-state index contributed by atoms with van der Waals surface area (Å²) in [5.74, 6) is 0. The molecule has 128 valence electrons. The summed E-state index contributed by atoms with van der Waals surface area (Å²) in [5.41, 5.74) is 1.91. The van der Waals surface area contributed by atoms with Crippen LogP contribution in [0.3, 0.4) is 0 Å². The molecule has 1 atom stereocenters. The molecule has 1 heterocycles. The molecule has 4 nitrogen and oxygen atoms in total. The Balaban J connectivity index is 1.93. The summed E-state index contributed by atoms with van der Waals surface area (Å²) in [5, 5.41) is 3.61. The Morgan fingerprint density at radius 2 is 2.04 bits per heavy atom. The minimum absolute atomic E-state index is 0.199. The van der Waals surface area contributed by atoms with Crippen LogP contribution in [0.1, 0.15) is 45.6 Å². The van der Waals surface area contributed by atoms with Gasteiger partial charge in [-0.1, -0.05) is 12.1 Å². The van der Waals surface area contributed by atoms with Gasteiger partial charge >= 0.3 is 6.09 Å². The highest BCUT2D eigenvalue weighted by Gasteiger charge is 2.25. The zero-order chi connectivity index (χ0) is 17.0. The molecule has 5 heteroatoms. The third-order valence-electron chi connectivity index (χ3n) is 3.93. The zero-order valence-corrected chi connectivity index (χ0v) is 16.1. The number of carbonyl (C=O) groups is 1. The molecule has 1 unspecified atom stereocenters. The van der Waals surface area contributed by atoms with E-state index in [0.717, 1.165) is 42.5 Å². The molecule has 1 aliphatic heterocycles. The van der Waals surface area contributed by atoms with Gasteiger partial charge in [0.15, 0.2) is 0 Å². The largest absolute Gasteiger partial charge is 0.444 e. The molecule has 0 saturated carbocycles. The molecule has 23 heavy (non-hydrogen) atoms. The quantitative estimate of drug-likeness (QED) is 0.785. The van der Waals surface area contributed by atoms with E-state index in [-0.39, 0.29) is 6.09 Å². The predicted octanol–water partition coefficient (Wildman–Crippen LogP) is 4.96. The van der Waals surface area contributed by atoms with E-state index in [2.05, 4.69) is 46.4 Å². The van der Waals surface area contributed by atoms with E-state index >= 15 is 0 Å². The zero-order valence-electron chi connectivity index (χ0n) is 14.5. The van der Waals surface area contributed by atoms with E-state index in [1.54, 1.807) is 0 Å². The SMILES string of the molecule is Cc1cccc(NC2CCCN(C(=O)OC(C)(C)C)CC2)c1Br. The number of halogens is 1. The summed E-state index contributed by atoms with van der Waals surface area (Å²) in [7, 11) is 0. The number of aryl methyl sites for hydroxylation is 1. The Morgan fingerprint density at radius 3 is 2.74 bits per heavy atom. The number of hydrogen-bond donors (Lipinski definition) is 1. The lowest BCUT2D eigenvalue weighted by Gasteiger charge is -2.26. The molecular weight excluding hydrogens is 356 g/mol. The summed E-state index contributed by atoms with van der Waals surface area (Å²) in [6, 6.07) is 6.62. The average molecular weight is 383 g/mol. The second-order valence-electron chi connectivity index (χ2n) is 7.18. The first-order valence-electron chi connectivity index (χ1n) is 8.26. The van der Waals surface area contributed by atoms with Crippen molar-refractivity contribution in [3.63, 3.8) is 0 Å². The predicted molar refractivity (Wildman–Crippen MR) is 97.9 cm³/mol. The van der Waals surface area contributed by atoms with Crippen LogP contribution in [0.25, 0.3) is 0 Å². The summed E-state index contributed by atoms with van der Waals surface area (Å²) < 4.78 is 6.60. The van der Waals surface area contributed by atoms with Crippen molar-refractivity contribution < 1.29 is 9.53 Å². The van der Waals surface area contributed by atoms with Crippen LogP contribution in [-0.2, 0) is 4.74 Å². The standard InChI is InChI=1S/C18H27BrN2O2/c1-13-7-5-9-15(16(13)19)20-14-8-6-11-21(12-10-14)17(22)23-18(2,3)4/h5,7,9,14,20H,6,8,10-12H2,1-4H3. The Morgan fingerprint density at radius 1 is 1.30 bits per heavy atom. The molecule has 2 rings (SSSR count). The van der Waals surface area contributed by atoms with Gasteiger partial charge in [0.25, 0.3) is 0 Å². The van der Waals surface area contributed by atoms with Gasteiger partial charge in [0.1, 0.15) is 5.60 Å². The van der Waals surface area contributed by atoms with E-state index in [1.165, 1.54) is 5.56 Å². The van der Waals surface area contributed by atoms with Crippen molar-refractivity contribution in [1.82, 2.24) is 4.90 Å². The summed E-state index contributed by atoms with van der Waals surface area (Å²) >= 11 is 3.65. The number of nitrogens with one attached hydrogen (secondary N) is 1. The second-order valence-corrected chi connectivity index (χ2v) is 7.97. The van der Waals surface area contributed by atoms with Crippen LogP contribution in [-0.4, -0.2) is 35.7 Å². The fourth-order valence-electron chi connectivity index (χ4n) is 2.73. The van der Waals surface area contributed by atoms with Gasteiger partial charge in [-0.05, 0) is 74.5 Å². The molecule has 0 bridgehead atoms. The van der Waals surface area contributed by atoms with E-state index in [9.17, 15) is 4.79 Å². The third kappa shape index (κ3) is 5.41. The minimum Gasteiger partial charge on any atom is -0.444 e. The highest BCUT2D eigenvalue weighted by Crippen LogP contribution is 2.28. The molecule has 1 aromatic rings. The van der Waals surface area contributed by atoms with Crippen molar-refractivity contribution in [2.45, 2.75) is 58.6 Å². The van der Waals surface area contributed by atoms with Crippen LogP contribution in [0.5, 0.6) is 0 Å². The number of benzene rings is 1. The first kappa shape index (κ1) is 18.1. The number of nitrogens with zero attached hydrogens (tertiary/aromatic N) is 1. The number of amides is 1. The lowest BCUT2D eigenvalue weighted by molar-refractivity contribution is 0.0256. The maximum atomic E-state index is 12.2. The van der Waals surface area contributed by atoms with Crippen LogP contribution in [0, 0.1) is 6.92 Å². The van der Waals surface area contributed by atoms with Gasteiger partial charge in [-0.25, -0.2) is 4.79 Å². The van der Waals surface area contributed by atoms with Crippen molar-refractivity contribution >= 4 is 27.7 Å². The Bertz CT molecular complexity index is 554. The molecule has 1 aromatic carbocycles.